The lowest BCUT2D eigenvalue weighted by molar-refractivity contribution is -0.157. The molecular formula is C19H36O2Si. The zero-order valence-corrected chi connectivity index (χ0v) is 17.0. The Bertz CT molecular complexity index is 345. The minimum atomic E-state index is -0.155. The van der Waals surface area contributed by atoms with Gasteiger partial charge in [0.05, 0.1) is 5.41 Å². The predicted molar refractivity (Wildman–Crippen MR) is 95.7 cm³/mol. The highest BCUT2D eigenvalue weighted by Gasteiger charge is 2.53. The van der Waals surface area contributed by atoms with Crippen LogP contribution in [0.1, 0.15) is 90.9 Å². The molecule has 128 valence electrons. The fourth-order valence-electron chi connectivity index (χ4n) is 5.74. The van der Waals surface area contributed by atoms with Crippen LogP contribution in [-0.2, 0) is 9.22 Å². The highest BCUT2D eigenvalue weighted by atomic mass is 28.2. The van der Waals surface area contributed by atoms with Crippen molar-refractivity contribution in [1.82, 2.24) is 0 Å². The predicted octanol–water partition coefficient (Wildman–Crippen LogP) is 4.39. The molecule has 2 nitrogen and oxygen atoms in total. The maximum Gasteiger partial charge on any atom is 0.298 e. The molecule has 0 aromatic carbocycles. The first-order chi connectivity index (χ1) is 10.7. The van der Waals surface area contributed by atoms with Crippen molar-refractivity contribution >= 4 is 16.5 Å². The Hall–Kier alpha value is -0.313. The van der Waals surface area contributed by atoms with Crippen LogP contribution >= 0.6 is 0 Å². The van der Waals surface area contributed by atoms with Gasteiger partial charge in [-0.15, -0.1) is 0 Å². The first-order valence-electron chi connectivity index (χ1n) is 9.79. The first-order valence-corrected chi connectivity index (χ1v) is 10.6. The summed E-state index contributed by atoms with van der Waals surface area (Å²) in [6, 6.07) is 0. The quantitative estimate of drug-likeness (QED) is 0.619. The van der Waals surface area contributed by atoms with Crippen LogP contribution in [0.3, 0.4) is 0 Å². The number of carbonyl (C=O) groups excluding carboxylic acids is 1. The smallest absolute Gasteiger partial charge is 0.298 e. The molecule has 0 aromatic rings. The summed E-state index contributed by atoms with van der Waals surface area (Å²) in [6.07, 6.45) is 15.1. The largest absolute Gasteiger partial charge is 0.528 e. The fraction of sp³-hybridized carbons (Fsp3) is 0.947. The molecular weight excluding hydrogens is 288 g/mol. The van der Waals surface area contributed by atoms with Crippen LogP contribution in [0.5, 0.6) is 0 Å². The molecule has 0 radical (unpaired) electrons. The Labute approximate surface area is 140 Å². The van der Waals surface area contributed by atoms with Crippen molar-refractivity contribution in [2.75, 3.05) is 0 Å². The van der Waals surface area contributed by atoms with Gasteiger partial charge in [-0.05, 0) is 43.4 Å². The summed E-state index contributed by atoms with van der Waals surface area (Å²) < 4.78 is 5.57. The van der Waals surface area contributed by atoms with E-state index in [-0.39, 0.29) is 11.4 Å². The topological polar surface area (TPSA) is 26.3 Å². The Kier molecular flexibility index (Phi) is 6.98. The summed E-state index contributed by atoms with van der Waals surface area (Å²) in [6.45, 7) is 4.54. The first kappa shape index (κ1) is 18.0. The van der Waals surface area contributed by atoms with Crippen LogP contribution in [0.15, 0.2) is 0 Å². The van der Waals surface area contributed by atoms with Gasteiger partial charge in [0, 0.05) is 0 Å². The molecule has 2 aliphatic rings. The Morgan fingerprint density at radius 1 is 1.09 bits per heavy atom. The highest BCUT2D eigenvalue weighted by Crippen LogP contribution is 2.55. The summed E-state index contributed by atoms with van der Waals surface area (Å²) in [5, 5.41) is 0. The van der Waals surface area contributed by atoms with Gasteiger partial charge in [0.15, 0.2) is 0 Å². The number of rotatable bonds is 8. The molecule has 0 spiro atoms. The molecule has 22 heavy (non-hydrogen) atoms. The van der Waals surface area contributed by atoms with Gasteiger partial charge in [-0.1, -0.05) is 65.2 Å². The van der Waals surface area contributed by atoms with Crippen LogP contribution in [0.25, 0.3) is 0 Å². The van der Waals surface area contributed by atoms with Gasteiger partial charge in [0.1, 0.15) is 0 Å². The van der Waals surface area contributed by atoms with Crippen LogP contribution in [-0.4, -0.2) is 16.5 Å². The number of hydrogen-bond acceptors (Lipinski definition) is 2. The monoisotopic (exact) mass is 324 g/mol. The molecule has 0 heterocycles. The SMILES string of the molecule is CCCC(C1CCCC1)C(CCC)(C(=O)O[SiH3])C1CCCC1. The van der Waals surface area contributed by atoms with Crippen LogP contribution in [0, 0.1) is 23.2 Å². The molecule has 2 saturated carbocycles. The minimum absolute atomic E-state index is 0.155. The van der Waals surface area contributed by atoms with E-state index in [1.807, 2.05) is 0 Å². The van der Waals surface area contributed by atoms with Crippen LogP contribution in [0.2, 0.25) is 0 Å². The zero-order valence-electron chi connectivity index (χ0n) is 15.0. The summed E-state index contributed by atoms with van der Waals surface area (Å²) >= 11 is 0. The van der Waals surface area contributed by atoms with E-state index >= 15 is 0 Å². The third-order valence-corrected chi connectivity index (χ3v) is 6.91. The van der Waals surface area contributed by atoms with E-state index < -0.39 is 0 Å². The lowest BCUT2D eigenvalue weighted by Crippen LogP contribution is -2.47. The van der Waals surface area contributed by atoms with E-state index in [4.69, 9.17) is 4.43 Å². The van der Waals surface area contributed by atoms with Gasteiger partial charge in [0.2, 0.25) is 10.5 Å². The number of carbonyl (C=O) groups is 1. The summed E-state index contributed by atoms with van der Waals surface area (Å²) in [4.78, 5) is 13.1. The van der Waals surface area contributed by atoms with Gasteiger partial charge >= 0.3 is 0 Å². The second-order valence-electron chi connectivity index (χ2n) is 7.70. The van der Waals surface area contributed by atoms with Crippen molar-refractivity contribution in [1.29, 1.82) is 0 Å². The summed E-state index contributed by atoms with van der Waals surface area (Å²) in [5.41, 5.74) is -0.155. The van der Waals surface area contributed by atoms with Gasteiger partial charge in [-0.2, -0.15) is 0 Å². The molecule has 0 saturated heterocycles. The third kappa shape index (κ3) is 3.44. The lowest BCUT2D eigenvalue weighted by atomic mass is 9.58. The van der Waals surface area contributed by atoms with Crippen LogP contribution < -0.4 is 0 Å². The molecule has 2 atom stereocenters. The van der Waals surface area contributed by atoms with Crippen molar-refractivity contribution in [3.63, 3.8) is 0 Å². The van der Waals surface area contributed by atoms with Gasteiger partial charge in [0.25, 0.3) is 5.97 Å². The molecule has 2 aliphatic carbocycles. The fourth-order valence-corrected chi connectivity index (χ4v) is 6.12. The lowest BCUT2D eigenvalue weighted by Gasteiger charge is -2.46. The van der Waals surface area contributed by atoms with E-state index in [9.17, 15) is 4.79 Å². The molecule has 0 aromatic heterocycles. The van der Waals surface area contributed by atoms with E-state index in [0.29, 0.717) is 22.3 Å². The second kappa shape index (κ2) is 8.51. The normalized spacial score (nSPS) is 24.5. The van der Waals surface area contributed by atoms with Crippen molar-refractivity contribution in [3.8, 4) is 0 Å². The van der Waals surface area contributed by atoms with E-state index in [1.54, 1.807) is 0 Å². The Balaban J connectivity index is 2.38. The average Bonchev–Trinajstić information content (AvgIpc) is 3.23. The zero-order chi connectivity index (χ0) is 16.0. The van der Waals surface area contributed by atoms with Gasteiger partial charge in [-0.3, -0.25) is 4.79 Å². The van der Waals surface area contributed by atoms with E-state index in [2.05, 4.69) is 13.8 Å². The van der Waals surface area contributed by atoms with E-state index in [1.165, 1.54) is 64.2 Å². The standard InChI is InChI=1S/C19H36O2Si/c1-3-9-17(15-10-5-6-11-15)19(14-4-2,18(20)21-22)16-12-7-8-13-16/h15-17H,3-14H2,1-2,22H3. The van der Waals surface area contributed by atoms with Crippen molar-refractivity contribution < 1.29 is 9.22 Å². The van der Waals surface area contributed by atoms with Gasteiger partial charge in [-0.25, -0.2) is 0 Å². The molecule has 0 N–H and O–H groups in total. The van der Waals surface area contributed by atoms with Crippen LogP contribution in [0.4, 0.5) is 0 Å². The van der Waals surface area contributed by atoms with Crippen molar-refractivity contribution in [3.05, 3.63) is 0 Å². The molecule has 3 heteroatoms. The molecule has 0 aliphatic heterocycles. The maximum absolute atomic E-state index is 13.1. The molecule has 2 rings (SSSR count). The molecule has 0 bridgehead atoms. The summed E-state index contributed by atoms with van der Waals surface area (Å²) in [5.74, 6) is 2.11. The minimum Gasteiger partial charge on any atom is -0.528 e. The molecule has 0 amide bonds. The van der Waals surface area contributed by atoms with E-state index in [0.717, 1.165) is 18.8 Å². The average molecular weight is 325 g/mol. The van der Waals surface area contributed by atoms with Crippen molar-refractivity contribution in [2.45, 2.75) is 90.9 Å². The Morgan fingerprint density at radius 2 is 1.68 bits per heavy atom. The highest BCUT2D eigenvalue weighted by molar-refractivity contribution is 6.06. The maximum atomic E-state index is 13.1. The third-order valence-electron chi connectivity index (χ3n) is 6.54. The number of hydrogen-bond donors (Lipinski definition) is 0. The molecule has 2 fully saturated rings. The summed E-state index contributed by atoms with van der Waals surface area (Å²) in [7, 11) is 0.547. The van der Waals surface area contributed by atoms with Crippen molar-refractivity contribution in [2.24, 2.45) is 23.2 Å². The molecule has 2 unspecified atom stereocenters. The van der Waals surface area contributed by atoms with Gasteiger partial charge < -0.3 is 4.43 Å². The Morgan fingerprint density at radius 3 is 2.18 bits per heavy atom. The second-order valence-corrected chi connectivity index (χ2v) is 8.11.